The Kier molecular flexibility index (Phi) is 4.05. The number of hydrogen-bond donors (Lipinski definition) is 0. The fourth-order valence-electron chi connectivity index (χ4n) is 3.95. The molecule has 27 heavy (non-hydrogen) atoms. The largest absolute Gasteiger partial charge is 0.356 e. The van der Waals surface area contributed by atoms with Crippen LogP contribution in [0.3, 0.4) is 0 Å². The zero-order valence-corrected chi connectivity index (χ0v) is 15.1. The van der Waals surface area contributed by atoms with Gasteiger partial charge in [-0.2, -0.15) is 14.6 Å². The molecule has 134 valence electrons. The highest BCUT2D eigenvalue weighted by molar-refractivity contribution is 5.65. The minimum Gasteiger partial charge on any atom is -0.356 e. The molecule has 0 radical (unpaired) electrons. The van der Waals surface area contributed by atoms with Crippen molar-refractivity contribution in [2.24, 2.45) is 0 Å². The maximum atomic E-state index is 4.69. The zero-order chi connectivity index (χ0) is 18.1. The van der Waals surface area contributed by atoms with Gasteiger partial charge in [0.25, 0.3) is 5.78 Å². The van der Waals surface area contributed by atoms with Crippen molar-refractivity contribution >= 4 is 11.6 Å². The summed E-state index contributed by atoms with van der Waals surface area (Å²) < 4.78 is 1.86. The van der Waals surface area contributed by atoms with Crippen LogP contribution in [0.15, 0.2) is 73.1 Å². The summed E-state index contributed by atoms with van der Waals surface area (Å²) in [5.74, 6) is 2.35. The number of aromatic nitrogens is 4. The van der Waals surface area contributed by atoms with Gasteiger partial charge < -0.3 is 4.90 Å². The lowest BCUT2D eigenvalue weighted by Gasteiger charge is -2.33. The summed E-state index contributed by atoms with van der Waals surface area (Å²) in [6.45, 7) is 2.01. The predicted octanol–water partition coefficient (Wildman–Crippen LogP) is 4.18. The van der Waals surface area contributed by atoms with Crippen LogP contribution in [0.5, 0.6) is 0 Å². The SMILES string of the molecule is c1ccc(-c2cc(N3CCC(c4ccccc4)CC3)n3ncnc3n2)cc1. The third kappa shape index (κ3) is 3.05. The number of nitrogens with zero attached hydrogens (tertiary/aromatic N) is 5. The Balaban J connectivity index is 1.46. The zero-order valence-electron chi connectivity index (χ0n) is 15.1. The van der Waals surface area contributed by atoms with Crippen molar-refractivity contribution in [2.45, 2.75) is 18.8 Å². The Morgan fingerprint density at radius 1 is 0.852 bits per heavy atom. The average Bonchev–Trinajstić information content (AvgIpc) is 3.23. The first kappa shape index (κ1) is 16.0. The molecule has 5 rings (SSSR count). The van der Waals surface area contributed by atoms with E-state index < -0.39 is 0 Å². The number of piperidine rings is 1. The Bertz CT molecular complexity index is 1030. The van der Waals surface area contributed by atoms with Crippen molar-refractivity contribution in [3.8, 4) is 11.3 Å². The molecule has 0 bridgehead atoms. The van der Waals surface area contributed by atoms with Crippen LogP contribution < -0.4 is 4.90 Å². The van der Waals surface area contributed by atoms with Crippen molar-refractivity contribution in [3.63, 3.8) is 0 Å². The van der Waals surface area contributed by atoms with Gasteiger partial charge >= 0.3 is 0 Å². The monoisotopic (exact) mass is 355 g/mol. The lowest BCUT2D eigenvalue weighted by atomic mass is 9.89. The molecule has 0 spiro atoms. The van der Waals surface area contributed by atoms with E-state index in [2.05, 4.69) is 68.5 Å². The highest BCUT2D eigenvalue weighted by Gasteiger charge is 2.23. The van der Waals surface area contributed by atoms with Crippen molar-refractivity contribution in [2.75, 3.05) is 18.0 Å². The summed E-state index contributed by atoms with van der Waals surface area (Å²) in [5.41, 5.74) is 3.49. The van der Waals surface area contributed by atoms with Crippen LogP contribution in [0, 0.1) is 0 Å². The fourth-order valence-corrected chi connectivity index (χ4v) is 3.95. The van der Waals surface area contributed by atoms with Crippen LogP contribution in [0.25, 0.3) is 17.0 Å². The molecule has 2 aromatic heterocycles. The number of anilines is 1. The van der Waals surface area contributed by atoms with E-state index in [9.17, 15) is 0 Å². The second-order valence-corrected chi connectivity index (χ2v) is 7.01. The Hall–Kier alpha value is -3.21. The fraction of sp³-hybridized carbons (Fsp3) is 0.227. The van der Waals surface area contributed by atoms with Crippen LogP contribution in [-0.2, 0) is 0 Å². The van der Waals surface area contributed by atoms with Crippen LogP contribution in [0.1, 0.15) is 24.3 Å². The van der Waals surface area contributed by atoms with Gasteiger partial charge in [-0.1, -0.05) is 60.7 Å². The van der Waals surface area contributed by atoms with Crippen molar-refractivity contribution in [3.05, 3.63) is 78.6 Å². The molecule has 0 saturated carbocycles. The molecule has 3 heterocycles. The van der Waals surface area contributed by atoms with Crippen molar-refractivity contribution in [1.82, 2.24) is 19.6 Å². The molecule has 2 aromatic carbocycles. The van der Waals surface area contributed by atoms with Gasteiger partial charge in [-0.15, -0.1) is 0 Å². The summed E-state index contributed by atoms with van der Waals surface area (Å²) in [4.78, 5) is 11.4. The van der Waals surface area contributed by atoms with E-state index in [1.54, 1.807) is 6.33 Å². The summed E-state index contributed by atoms with van der Waals surface area (Å²) in [7, 11) is 0. The summed E-state index contributed by atoms with van der Waals surface area (Å²) in [6.07, 6.45) is 3.86. The lowest BCUT2D eigenvalue weighted by Crippen LogP contribution is -2.34. The number of hydrogen-bond acceptors (Lipinski definition) is 4. The van der Waals surface area contributed by atoms with E-state index in [1.165, 1.54) is 5.56 Å². The molecule has 5 heteroatoms. The second kappa shape index (κ2) is 6.83. The van der Waals surface area contributed by atoms with E-state index in [0.717, 1.165) is 43.0 Å². The molecule has 0 amide bonds. The standard InChI is InChI=1S/C22H21N5/c1-3-7-17(8-4-1)18-11-13-26(14-12-18)21-15-20(19-9-5-2-6-10-19)25-22-23-16-24-27(21)22/h1-10,15-16,18H,11-14H2. The van der Waals surface area contributed by atoms with Gasteiger partial charge in [0.1, 0.15) is 12.1 Å². The topological polar surface area (TPSA) is 46.3 Å². The maximum Gasteiger partial charge on any atom is 0.254 e. The van der Waals surface area contributed by atoms with Gasteiger partial charge in [-0.25, -0.2) is 4.98 Å². The summed E-state index contributed by atoms with van der Waals surface area (Å²) in [6, 6.07) is 23.3. The normalized spacial score (nSPS) is 15.3. The van der Waals surface area contributed by atoms with E-state index in [0.29, 0.717) is 11.7 Å². The Morgan fingerprint density at radius 3 is 2.30 bits per heavy atom. The quantitative estimate of drug-likeness (QED) is 0.553. The molecule has 5 nitrogen and oxygen atoms in total. The number of benzene rings is 2. The molecule has 0 atom stereocenters. The first-order chi connectivity index (χ1) is 13.4. The molecule has 1 aliphatic rings. The van der Waals surface area contributed by atoms with Gasteiger partial charge in [0.15, 0.2) is 0 Å². The van der Waals surface area contributed by atoms with Gasteiger partial charge in [0.2, 0.25) is 0 Å². The van der Waals surface area contributed by atoms with E-state index >= 15 is 0 Å². The molecule has 4 aromatic rings. The Labute approximate surface area is 158 Å². The highest BCUT2D eigenvalue weighted by atomic mass is 15.4. The highest BCUT2D eigenvalue weighted by Crippen LogP contribution is 2.31. The molecule has 0 aliphatic carbocycles. The van der Waals surface area contributed by atoms with Crippen LogP contribution in [-0.4, -0.2) is 32.7 Å². The van der Waals surface area contributed by atoms with Crippen LogP contribution in [0.4, 0.5) is 5.82 Å². The van der Waals surface area contributed by atoms with Gasteiger partial charge in [0.05, 0.1) is 5.69 Å². The lowest BCUT2D eigenvalue weighted by molar-refractivity contribution is 0.500. The third-order valence-electron chi connectivity index (χ3n) is 5.39. The predicted molar refractivity (Wildman–Crippen MR) is 107 cm³/mol. The first-order valence-corrected chi connectivity index (χ1v) is 9.44. The van der Waals surface area contributed by atoms with Gasteiger partial charge in [-0.3, -0.25) is 0 Å². The minimum atomic E-state index is 0.629. The first-order valence-electron chi connectivity index (χ1n) is 9.44. The van der Waals surface area contributed by atoms with Crippen LogP contribution in [0.2, 0.25) is 0 Å². The van der Waals surface area contributed by atoms with E-state index in [4.69, 9.17) is 0 Å². The summed E-state index contributed by atoms with van der Waals surface area (Å²) in [5, 5.41) is 4.41. The van der Waals surface area contributed by atoms with E-state index in [1.807, 2.05) is 22.7 Å². The molecular formula is C22H21N5. The van der Waals surface area contributed by atoms with Crippen molar-refractivity contribution < 1.29 is 0 Å². The molecule has 0 N–H and O–H groups in total. The maximum absolute atomic E-state index is 4.69. The Morgan fingerprint density at radius 2 is 1.56 bits per heavy atom. The summed E-state index contributed by atoms with van der Waals surface area (Å²) >= 11 is 0. The second-order valence-electron chi connectivity index (χ2n) is 7.01. The van der Waals surface area contributed by atoms with Crippen molar-refractivity contribution in [1.29, 1.82) is 0 Å². The molecule has 1 saturated heterocycles. The third-order valence-corrected chi connectivity index (χ3v) is 5.39. The molecule has 0 unspecified atom stereocenters. The number of fused-ring (bicyclic) bond motifs is 1. The van der Waals surface area contributed by atoms with Gasteiger partial charge in [0, 0.05) is 24.7 Å². The number of rotatable bonds is 3. The van der Waals surface area contributed by atoms with Crippen LogP contribution >= 0.6 is 0 Å². The minimum absolute atomic E-state index is 0.629. The van der Waals surface area contributed by atoms with E-state index in [-0.39, 0.29) is 0 Å². The molecule has 1 fully saturated rings. The average molecular weight is 355 g/mol. The smallest absolute Gasteiger partial charge is 0.254 e. The molecule has 1 aliphatic heterocycles. The molecular weight excluding hydrogens is 334 g/mol. The van der Waals surface area contributed by atoms with Gasteiger partial charge in [-0.05, 0) is 24.3 Å².